The second kappa shape index (κ2) is 23.9. The highest BCUT2D eigenvalue weighted by Gasteiger charge is 2.62. The van der Waals surface area contributed by atoms with Crippen molar-refractivity contribution in [2.24, 2.45) is 10.8 Å². The molecular weight excluding hydrogens is 956 g/mol. The minimum Gasteiger partial charge on any atom is -1.00 e. The molecule has 4 aromatic rings. The number of benzene rings is 4. The summed E-state index contributed by atoms with van der Waals surface area (Å²) < 4.78 is 25.1. The lowest BCUT2D eigenvalue weighted by Crippen LogP contribution is -3.00. The predicted octanol–water partition coefficient (Wildman–Crippen LogP) is 3.97. The Morgan fingerprint density at radius 2 is 0.667 bits per heavy atom. The Hall–Kier alpha value is -2.48. The molecule has 0 radical (unpaired) electrons. The number of piperidine rings is 6. The maximum Gasteiger partial charge on any atom is 0.207 e. The molecule has 362 valence electrons. The van der Waals surface area contributed by atoms with Crippen LogP contribution < -0.4 is 34.0 Å². The number of ether oxygens (including phenoxy) is 4. The van der Waals surface area contributed by atoms with Crippen molar-refractivity contribution in [1.29, 1.82) is 0 Å². The van der Waals surface area contributed by atoms with E-state index in [-0.39, 0.29) is 57.4 Å². The number of fused-ring (bicyclic) bond motifs is 6. The van der Waals surface area contributed by atoms with Gasteiger partial charge in [-0.3, -0.25) is 0 Å². The highest BCUT2D eigenvalue weighted by molar-refractivity contribution is 5.41. The van der Waals surface area contributed by atoms with E-state index in [1.54, 1.807) is 0 Å². The lowest BCUT2D eigenvalue weighted by atomic mass is 9.56. The molecular formula is C56H78Br2N2O6. The van der Waals surface area contributed by atoms with Crippen molar-refractivity contribution < 1.29 is 72.1 Å². The molecule has 8 nitrogen and oxygen atoms in total. The fourth-order valence-electron chi connectivity index (χ4n) is 12.5. The fraction of sp³-hybridized carbons (Fsp3) is 0.571. The number of rotatable bonds is 15. The smallest absolute Gasteiger partial charge is 0.207 e. The van der Waals surface area contributed by atoms with Crippen molar-refractivity contribution in [3.8, 4) is 0 Å². The Bertz CT molecular complexity index is 1720. The zero-order valence-corrected chi connectivity index (χ0v) is 43.0. The van der Waals surface area contributed by atoms with Crippen LogP contribution in [-0.4, -0.2) is 111 Å². The van der Waals surface area contributed by atoms with E-state index in [4.69, 9.17) is 18.9 Å². The summed E-state index contributed by atoms with van der Waals surface area (Å²) >= 11 is 0. The molecule has 0 amide bonds. The van der Waals surface area contributed by atoms with Crippen molar-refractivity contribution >= 4 is 0 Å². The molecule has 66 heavy (non-hydrogen) atoms. The number of halogens is 2. The van der Waals surface area contributed by atoms with Gasteiger partial charge in [-0.25, -0.2) is 0 Å². The molecule has 0 saturated carbocycles. The Kier molecular flexibility index (Phi) is 19.1. The Morgan fingerprint density at radius 3 is 0.894 bits per heavy atom. The van der Waals surface area contributed by atoms with E-state index in [0.29, 0.717) is 0 Å². The molecule has 8 fully saturated rings. The second-order valence-corrected chi connectivity index (χ2v) is 20.1. The van der Waals surface area contributed by atoms with Gasteiger partial charge < -0.3 is 72.1 Å². The number of hydrogen-bond donors (Lipinski definition) is 2. The fourth-order valence-corrected chi connectivity index (χ4v) is 12.5. The van der Waals surface area contributed by atoms with Crippen LogP contribution in [0.4, 0.5) is 0 Å². The third kappa shape index (κ3) is 11.1. The summed E-state index contributed by atoms with van der Waals surface area (Å²) in [5.74, 6) is 0. The molecule has 0 aromatic heterocycles. The highest BCUT2D eigenvalue weighted by Crippen LogP contribution is 2.59. The highest BCUT2D eigenvalue weighted by atomic mass is 79.9. The molecule has 10 heteroatoms. The quantitative estimate of drug-likeness (QED) is 0.139. The van der Waals surface area contributed by atoms with Gasteiger partial charge in [0.2, 0.25) is 12.6 Å². The van der Waals surface area contributed by atoms with Crippen molar-refractivity contribution in [2.45, 2.75) is 115 Å². The third-order valence-electron chi connectivity index (χ3n) is 16.6. The van der Waals surface area contributed by atoms with E-state index in [2.05, 4.69) is 62.4 Å². The molecule has 0 atom stereocenters. The van der Waals surface area contributed by atoms with Gasteiger partial charge in [0, 0.05) is 49.4 Å². The molecule has 12 rings (SSSR count). The molecule has 8 saturated heterocycles. The topological polar surface area (TPSA) is 77.4 Å². The van der Waals surface area contributed by atoms with Crippen LogP contribution in [0.5, 0.6) is 0 Å². The van der Waals surface area contributed by atoms with Crippen LogP contribution in [0, 0.1) is 10.8 Å². The van der Waals surface area contributed by atoms with E-state index >= 15 is 0 Å². The Morgan fingerprint density at radius 1 is 0.424 bits per heavy atom. The van der Waals surface area contributed by atoms with Crippen LogP contribution >= 0.6 is 0 Å². The number of quaternary nitrogens is 2. The Labute approximate surface area is 417 Å². The van der Waals surface area contributed by atoms with Crippen molar-refractivity contribution in [2.75, 3.05) is 78.8 Å². The maximum absolute atomic E-state index is 12.4. The predicted molar refractivity (Wildman–Crippen MR) is 254 cm³/mol. The van der Waals surface area contributed by atoms with Gasteiger partial charge >= 0.3 is 0 Å². The summed E-state index contributed by atoms with van der Waals surface area (Å²) in [6, 6.07) is 41.2. The lowest BCUT2D eigenvalue weighted by Gasteiger charge is -2.60. The standard InChI is InChI=1S/2C24H30NO3.C8H18.2BrH/c2*26-24(20-7-3-1-4-8-20,21-9-5-2-6-10-21)23-11-14-25(15-12-23,16-13-23)19-22-27-17-18-28-22;1-3-5-7-8-6-4-2;;/h2*1-10,22,26H,11-19H2;3-8H2,1-2H3;2*1H/q2*+1;;;/p-2. The summed E-state index contributed by atoms with van der Waals surface area (Å²) in [6.45, 7) is 15.8. The average Bonchev–Trinajstić information content (AvgIpc) is 4.10. The van der Waals surface area contributed by atoms with Crippen LogP contribution in [0.15, 0.2) is 121 Å². The molecule has 8 aliphatic rings. The molecule has 0 spiro atoms. The summed E-state index contributed by atoms with van der Waals surface area (Å²) in [5.41, 5.74) is 1.94. The number of nitrogens with zero attached hydrogens (tertiary/aromatic N) is 2. The first-order valence-corrected chi connectivity index (χ1v) is 25.1. The number of hydrogen-bond acceptors (Lipinski definition) is 6. The van der Waals surface area contributed by atoms with E-state index in [9.17, 15) is 10.2 Å². The van der Waals surface area contributed by atoms with Crippen LogP contribution in [0.1, 0.15) is 113 Å². The van der Waals surface area contributed by atoms with E-state index < -0.39 is 11.2 Å². The lowest BCUT2D eigenvalue weighted by molar-refractivity contribution is -0.950. The van der Waals surface area contributed by atoms with Gasteiger partial charge in [0.25, 0.3) is 0 Å². The van der Waals surface area contributed by atoms with Crippen LogP contribution in [0.3, 0.4) is 0 Å². The van der Waals surface area contributed by atoms with Crippen LogP contribution in [0.25, 0.3) is 0 Å². The van der Waals surface area contributed by atoms with Gasteiger partial charge in [-0.05, 0) is 22.3 Å². The molecule has 8 heterocycles. The van der Waals surface area contributed by atoms with Crippen molar-refractivity contribution in [3.05, 3.63) is 144 Å². The first-order valence-electron chi connectivity index (χ1n) is 25.1. The second-order valence-electron chi connectivity index (χ2n) is 20.1. The summed E-state index contributed by atoms with van der Waals surface area (Å²) in [7, 11) is 0. The van der Waals surface area contributed by atoms with Crippen molar-refractivity contribution in [3.63, 3.8) is 0 Å². The number of aliphatic hydroxyl groups is 2. The SMILES string of the molecule is CCCCCCCC.OC(c1ccccc1)(c1ccccc1)C12CC[N+](CC3OCCO3)(CC1)CC2.OC(c1ccccc1)(c1ccccc1)C12CC[N+](CC3OCCO3)(CC1)CC2.[Br-].[Br-]. The van der Waals surface area contributed by atoms with Gasteiger partial charge in [0.05, 0.1) is 65.7 Å². The zero-order chi connectivity index (χ0) is 44.4. The first kappa shape index (κ1) is 52.9. The monoisotopic (exact) mass is 1030 g/mol. The molecule has 4 aromatic carbocycles. The van der Waals surface area contributed by atoms with Crippen LogP contribution in [-0.2, 0) is 30.1 Å². The average molecular weight is 1040 g/mol. The minimum atomic E-state index is -0.952. The van der Waals surface area contributed by atoms with Gasteiger partial charge in [-0.1, -0.05) is 174 Å². The summed E-state index contributed by atoms with van der Waals surface area (Å²) in [4.78, 5) is 0. The molecule has 8 aliphatic heterocycles. The largest absolute Gasteiger partial charge is 1.00 e. The molecule has 2 N–H and O–H groups in total. The minimum absolute atomic E-state index is 0. The van der Waals surface area contributed by atoms with E-state index in [0.717, 1.165) is 149 Å². The summed E-state index contributed by atoms with van der Waals surface area (Å²) in [6.07, 6.45) is 14.6. The number of unbranched alkanes of at least 4 members (excludes halogenated alkanes) is 5. The third-order valence-corrected chi connectivity index (χ3v) is 16.6. The zero-order valence-electron chi connectivity index (χ0n) is 39.9. The van der Waals surface area contributed by atoms with Crippen LogP contribution in [0.2, 0.25) is 0 Å². The van der Waals surface area contributed by atoms with Crippen molar-refractivity contribution in [1.82, 2.24) is 0 Å². The van der Waals surface area contributed by atoms with Gasteiger partial charge in [-0.2, -0.15) is 0 Å². The molecule has 0 aliphatic carbocycles. The van der Waals surface area contributed by atoms with E-state index in [1.807, 2.05) is 72.8 Å². The first-order chi connectivity index (χ1) is 31.2. The molecule has 4 bridgehead atoms. The molecule has 0 unspecified atom stereocenters. The van der Waals surface area contributed by atoms with Gasteiger partial charge in [0.15, 0.2) is 0 Å². The van der Waals surface area contributed by atoms with Gasteiger partial charge in [-0.15, -0.1) is 0 Å². The Balaban J connectivity index is 0.000000183. The van der Waals surface area contributed by atoms with Gasteiger partial charge in [0.1, 0.15) is 24.3 Å². The summed E-state index contributed by atoms with van der Waals surface area (Å²) in [5, 5.41) is 24.7. The van der Waals surface area contributed by atoms with E-state index in [1.165, 1.54) is 38.5 Å². The normalized spacial score (nSPS) is 27.2. The maximum atomic E-state index is 12.4.